The molecule has 0 unspecified atom stereocenters. The number of non-ortho nitro benzene ring substituents is 1. The fraction of sp³-hybridized carbons (Fsp3) is 0. The summed E-state index contributed by atoms with van der Waals surface area (Å²) >= 11 is 0. The molecule has 0 fully saturated rings. The first-order chi connectivity index (χ1) is 30.5. The average Bonchev–Trinajstić information content (AvgIpc) is 3.32. The van der Waals surface area contributed by atoms with Gasteiger partial charge in [0.05, 0.1) is 49.4 Å². The standard InChI is InChI=1S/C26H16N4O2.C26H18N4/c31-30(32)17-14-12-16(13-15-17)27-22-10-5-11-23-26(22)29-25-21-9-4-2-7-19(21)18-6-1-3-8-20(18)24(25)28-23;27-16-12-14-17(15-13-16)28-22-10-5-11-23-26(22)30-25-21-9-4-2-7-19(21)18-6-1-3-8-20(18)24(25)29-23/h1-15,27H;1-15,28H,27H2. The first kappa shape index (κ1) is 36.3. The number of aromatic nitrogens is 4. The molecule has 12 aromatic rings. The van der Waals surface area contributed by atoms with Crippen molar-refractivity contribution in [2.24, 2.45) is 0 Å². The third-order valence-corrected chi connectivity index (χ3v) is 11.2. The lowest BCUT2D eigenvalue weighted by atomic mass is 9.99. The Balaban J connectivity index is 0.000000140. The van der Waals surface area contributed by atoms with E-state index >= 15 is 0 Å². The minimum Gasteiger partial charge on any atom is -0.399 e. The predicted molar refractivity (Wildman–Crippen MR) is 255 cm³/mol. The molecule has 4 N–H and O–H groups in total. The number of nitrogens with two attached hydrogens (primary N) is 1. The van der Waals surface area contributed by atoms with Crippen LogP contribution in [0.25, 0.3) is 87.2 Å². The van der Waals surface area contributed by atoms with Crippen LogP contribution in [0.3, 0.4) is 0 Å². The van der Waals surface area contributed by atoms with Gasteiger partial charge in [-0.25, -0.2) is 19.9 Å². The third kappa shape index (κ3) is 6.30. The Labute approximate surface area is 353 Å². The van der Waals surface area contributed by atoms with Gasteiger partial charge in [-0.1, -0.05) is 109 Å². The molecule has 0 spiro atoms. The number of benzene rings is 10. The molecule has 0 aliphatic heterocycles. The highest BCUT2D eigenvalue weighted by atomic mass is 16.6. The lowest BCUT2D eigenvalue weighted by molar-refractivity contribution is -0.384. The summed E-state index contributed by atoms with van der Waals surface area (Å²) in [7, 11) is 0. The van der Waals surface area contributed by atoms with Crippen molar-refractivity contribution >= 4 is 121 Å². The molecular formula is C52H34N8O2. The van der Waals surface area contributed by atoms with Crippen LogP contribution in [0.1, 0.15) is 0 Å². The molecule has 0 saturated heterocycles. The summed E-state index contributed by atoms with van der Waals surface area (Å²) in [5.74, 6) is 0. The normalized spacial score (nSPS) is 11.4. The molecular weight excluding hydrogens is 769 g/mol. The van der Waals surface area contributed by atoms with Crippen molar-refractivity contribution in [3.05, 3.63) is 192 Å². The minimum atomic E-state index is -0.408. The Morgan fingerprint density at radius 2 is 0.710 bits per heavy atom. The minimum absolute atomic E-state index is 0.0533. The molecule has 2 aromatic heterocycles. The van der Waals surface area contributed by atoms with E-state index in [1.807, 2.05) is 84.9 Å². The highest BCUT2D eigenvalue weighted by molar-refractivity contribution is 6.25. The van der Waals surface area contributed by atoms with Gasteiger partial charge in [0.25, 0.3) is 5.69 Å². The predicted octanol–water partition coefficient (Wildman–Crippen LogP) is 13.2. The quantitative estimate of drug-likeness (QED) is 0.0509. The number of para-hydroxylation sites is 2. The van der Waals surface area contributed by atoms with Gasteiger partial charge in [-0.15, -0.1) is 0 Å². The molecule has 10 heteroatoms. The highest BCUT2D eigenvalue weighted by Crippen LogP contribution is 2.37. The molecule has 10 aromatic carbocycles. The van der Waals surface area contributed by atoms with E-state index in [9.17, 15) is 10.1 Å². The van der Waals surface area contributed by atoms with E-state index < -0.39 is 4.92 Å². The second-order valence-corrected chi connectivity index (χ2v) is 15.0. The molecule has 62 heavy (non-hydrogen) atoms. The maximum atomic E-state index is 10.9. The largest absolute Gasteiger partial charge is 0.399 e. The summed E-state index contributed by atoms with van der Waals surface area (Å²) in [5.41, 5.74) is 16.9. The molecule has 10 nitrogen and oxygen atoms in total. The Morgan fingerprint density at radius 3 is 1.08 bits per heavy atom. The van der Waals surface area contributed by atoms with Crippen LogP contribution >= 0.6 is 0 Å². The van der Waals surface area contributed by atoms with Crippen molar-refractivity contribution in [3.63, 3.8) is 0 Å². The molecule has 12 rings (SSSR count). The van der Waals surface area contributed by atoms with E-state index in [1.54, 1.807) is 12.1 Å². The number of anilines is 5. The van der Waals surface area contributed by atoms with Crippen LogP contribution in [0.15, 0.2) is 182 Å². The summed E-state index contributed by atoms with van der Waals surface area (Å²) in [6.07, 6.45) is 0. The van der Waals surface area contributed by atoms with Crippen LogP contribution in [-0.4, -0.2) is 24.9 Å². The van der Waals surface area contributed by atoms with Gasteiger partial charge in [0.15, 0.2) is 0 Å². The number of hydrogen-bond donors (Lipinski definition) is 3. The summed E-state index contributed by atoms with van der Waals surface area (Å²) in [6.45, 7) is 0. The second kappa shape index (κ2) is 14.8. The number of nitrogen functional groups attached to an aromatic ring is 1. The SMILES string of the molecule is Nc1ccc(Nc2cccc3nc4c5ccccc5c5ccccc5c4nc23)cc1.O=[N+]([O-])c1ccc(Nc2cccc3nc4c5ccccc5c5ccccc5c4nc23)cc1. The van der Waals surface area contributed by atoms with Gasteiger partial charge in [0.1, 0.15) is 11.0 Å². The first-order valence-corrected chi connectivity index (χ1v) is 20.1. The van der Waals surface area contributed by atoms with Crippen LogP contribution in [0.5, 0.6) is 0 Å². The van der Waals surface area contributed by atoms with Gasteiger partial charge in [0.2, 0.25) is 0 Å². The molecule has 0 atom stereocenters. The van der Waals surface area contributed by atoms with Gasteiger partial charge in [0, 0.05) is 50.7 Å². The summed E-state index contributed by atoms with van der Waals surface area (Å²) < 4.78 is 0. The zero-order chi connectivity index (χ0) is 41.7. The number of nitrogens with one attached hydrogen (secondary N) is 2. The van der Waals surface area contributed by atoms with Crippen molar-refractivity contribution in [1.82, 2.24) is 19.9 Å². The van der Waals surface area contributed by atoms with E-state index in [0.29, 0.717) is 0 Å². The van der Waals surface area contributed by atoms with E-state index in [4.69, 9.17) is 25.7 Å². The topological polar surface area (TPSA) is 145 Å². The zero-order valence-corrected chi connectivity index (χ0v) is 33.0. The van der Waals surface area contributed by atoms with Crippen molar-refractivity contribution in [2.75, 3.05) is 16.4 Å². The highest BCUT2D eigenvalue weighted by Gasteiger charge is 2.16. The van der Waals surface area contributed by atoms with Crippen molar-refractivity contribution in [2.45, 2.75) is 0 Å². The fourth-order valence-corrected chi connectivity index (χ4v) is 8.35. The van der Waals surface area contributed by atoms with Crippen molar-refractivity contribution in [3.8, 4) is 0 Å². The number of rotatable bonds is 5. The van der Waals surface area contributed by atoms with E-state index in [-0.39, 0.29) is 5.69 Å². The first-order valence-electron chi connectivity index (χ1n) is 20.1. The maximum Gasteiger partial charge on any atom is 0.269 e. The monoisotopic (exact) mass is 802 g/mol. The van der Waals surface area contributed by atoms with Gasteiger partial charge in [-0.05, 0) is 82.2 Å². The molecule has 0 saturated carbocycles. The summed E-state index contributed by atoms with van der Waals surface area (Å²) in [5, 5.41) is 26.8. The van der Waals surface area contributed by atoms with Gasteiger partial charge in [-0.2, -0.15) is 0 Å². The lowest BCUT2D eigenvalue weighted by Crippen LogP contribution is -1.96. The zero-order valence-electron chi connectivity index (χ0n) is 33.0. The van der Waals surface area contributed by atoms with Crippen LogP contribution in [0, 0.1) is 10.1 Å². The molecule has 0 aliphatic rings. The second-order valence-electron chi connectivity index (χ2n) is 15.0. The van der Waals surface area contributed by atoms with Gasteiger partial charge >= 0.3 is 0 Å². The van der Waals surface area contributed by atoms with Crippen molar-refractivity contribution in [1.29, 1.82) is 0 Å². The molecule has 0 bridgehead atoms. The molecule has 0 aliphatic carbocycles. The van der Waals surface area contributed by atoms with Crippen LogP contribution in [-0.2, 0) is 0 Å². The number of nitrogens with zero attached hydrogens (tertiary/aromatic N) is 5. The van der Waals surface area contributed by atoms with Crippen LogP contribution < -0.4 is 16.4 Å². The molecule has 0 radical (unpaired) electrons. The lowest BCUT2D eigenvalue weighted by Gasteiger charge is -2.13. The van der Waals surface area contributed by atoms with Crippen molar-refractivity contribution < 1.29 is 4.92 Å². The number of nitro benzene ring substituents is 1. The number of nitro groups is 1. The molecule has 294 valence electrons. The molecule has 2 heterocycles. The fourth-order valence-electron chi connectivity index (χ4n) is 8.35. The van der Waals surface area contributed by atoms with Gasteiger partial charge < -0.3 is 16.4 Å². The number of fused-ring (bicyclic) bond motifs is 14. The Bertz CT molecular complexity index is 3750. The number of hydrogen-bond acceptors (Lipinski definition) is 9. The van der Waals surface area contributed by atoms with E-state index in [1.165, 1.54) is 22.9 Å². The maximum absolute atomic E-state index is 10.9. The summed E-state index contributed by atoms with van der Waals surface area (Å²) in [6, 6.07) is 59.2. The summed E-state index contributed by atoms with van der Waals surface area (Å²) in [4.78, 5) is 30.8. The van der Waals surface area contributed by atoms with Crippen LogP contribution in [0.2, 0.25) is 0 Å². The Morgan fingerprint density at radius 1 is 0.371 bits per heavy atom. The van der Waals surface area contributed by atoms with E-state index in [2.05, 4.69) is 83.4 Å². The average molecular weight is 803 g/mol. The van der Waals surface area contributed by atoms with E-state index in [0.717, 1.165) is 105 Å². The Kier molecular flexibility index (Phi) is 8.68. The van der Waals surface area contributed by atoms with Crippen LogP contribution in [0.4, 0.5) is 34.1 Å². The van der Waals surface area contributed by atoms with Gasteiger partial charge in [-0.3, -0.25) is 10.1 Å². The third-order valence-electron chi connectivity index (χ3n) is 11.2. The Hall–Kier alpha value is -8.76. The molecule has 0 amide bonds. The smallest absolute Gasteiger partial charge is 0.269 e.